The number of rotatable bonds is 6. The van der Waals surface area contributed by atoms with E-state index in [9.17, 15) is 14.4 Å². The number of anilines is 1. The van der Waals surface area contributed by atoms with Crippen LogP contribution >= 0.6 is 11.3 Å². The summed E-state index contributed by atoms with van der Waals surface area (Å²) in [6.07, 6.45) is 0. The minimum atomic E-state index is -0.450. The average Bonchev–Trinajstić information content (AvgIpc) is 3.18. The standard InChI is InChI=1S/C22H27N3O4S/c1-4-29-22(28)18-14-19(17-8-6-5-7-9-17)30-21(18)23-20(27)15(2)24-10-12-25(13-11-24)16(3)26/h5-9,14-15H,4,10-13H2,1-3H3,(H,23,27). The summed E-state index contributed by atoms with van der Waals surface area (Å²) in [6, 6.07) is 11.1. The molecule has 160 valence electrons. The second kappa shape index (κ2) is 9.86. The molecule has 0 radical (unpaired) electrons. The summed E-state index contributed by atoms with van der Waals surface area (Å²) in [7, 11) is 0. The van der Waals surface area contributed by atoms with E-state index in [1.54, 1.807) is 24.8 Å². The molecule has 1 aliphatic heterocycles. The predicted octanol–water partition coefficient (Wildman–Crippen LogP) is 3.08. The summed E-state index contributed by atoms with van der Waals surface area (Å²) in [5.74, 6) is -0.579. The molecule has 30 heavy (non-hydrogen) atoms. The Balaban J connectivity index is 1.75. The van der Waals surface area contributed by atoms with Crippen LogP contribution in [-0.2, 0) is 14.3 Å². The fourth-order valence-corrected chi connectivity index (χ4v) is 4.45. The zero-order valence-electron chi connectivity index (χ0n) is 17.5. The minimum Gasteiger partial charge on any atom is -0.462 e. The summed E-state index contributed by atoms with van der Waals surface area (Å²) in [5, 5.41) is 3.42. The average molecular weight is 430 g/mol. The monoisotopic (exact) mass is 429 g/mol. The van der Waals surface area contributed by atoms with E-state index in [0.29, 0.717) is 36.7 Å². The van der Waals surface area contributed by atoms with E-state index in [-0.39, 0.29) is 24.5 Å². The van der Waals surface area contributed by atoms with Gasteiger partial charge in [-0.1, -0.05) is 30.3 Å². The van der Waals surface area contributed by atoms with E-state index < -0.39 is 5.97 Å². The van der Waals surface area contributed by atoms with Gasteiger partial charge in [-0.2, -0.15) is 0 Å². The fourth-order valence-electron chi connectivity index (χ4n) is 3.40. The van der Waals surface area contributed by atoms with Gasteiger partial charge in [0.05, 0.1) is 18.2 Å². The Morgan fingerprint density at radius 3 is 2.40 bits per heavy atom. The molecule has 0 saturated carbocycles. The van der Waals surface area contributed by atoms with Crippen molar-refractivity contribution in [1.82, 2.24) is 9.80 Å². The number of piperazine rings is 1. The first kappa shape index (κ1) is 22.0. The van der Waals surface area contributed by atoms with Crippen molar-refractivity contribution in [2.24, 2.45) is 0 Å². The van der Waals surface area contributed by atoms with Crippen LogP contribution in [0.25, 0.3) is 10.4 Å². The van der Waals surface area contributed by atoms with Crippen LogP contribution in [0.15, 0.2) is 36.4 Å². The third-order valence-corrected chi connectivity index (χ3v) is 6.31. The van der Waals surface area contributed by atoms with Crippen molar-refractivity contribution in [3.63, 3.8) is 0 Å². The Morgan fingerprint density at radius 1 is 1.13 bits per heavy atom. The number of hydrogen-bond acceptors (Lipinski definition) is 6. The van der Waals surface area contributed by atoms with E-state index in [1.807, 2.05) is 42.2 Å². The SMILES string of the molecule is CCOC(=O)c1cc(-c2ccccc2)sc1NC(=O)C(C)N1CCN(C(C)=O)CC1. The molecule has 2 amide bonds. The maximum atomic E-state index is 12.9. The van der Waals surface area contributed by atoms with E-state index in [0.717, 1.165) is 10.4 Å². The van der Waals surface area contributed by atoms with Crippen molar-refractivity contribution >= 4 is 34.1 Å². The number of ether oxygens (including phenoxy) is 1. The normalized spacial score (nSPS) is 15.5. The zero-order chi connectivity index (χ0) is 21.7. The highest BCUT2D eigenvalue weighted by Crippen LogP contribution is 2.36. The molecule has 8 heteroatoms. The molecule has 3 rings (SSSR count). The van der Waals surface area contributed by atoms with Crippen molar-refractivity contribution in [1.29, 1.82) is 0 Å². The van der Waals surface area contributed by atoms with Gasteiger partial charge in [-0.3, -0.25) is 14.5 Å². The van der Waals surface area contributed by atoms with Crippen LogP contribution in [0.3, 0.4) is 0 Å². The lowest BCUT2D eigenvalue weighted by Gasteiger charge is -2.36. The molecule has 0 spiro atoms. The van der Waals surface area contributed by atoms with Gasteiger partial charge in [0.25, 0.3) is 0 Å². The number of benzene rings is 1. The van der Waals surface area contributed by atoms with Crippen LogP contribution in [0.2, 0.25) is 0 Å². The molecule has 7 nitrogen and oxygen atoms in total. The molecule has 1 unspecified atom stereocenters. The van der Waals surface area contributed by atoms with Gasteiger partial charge >= 0.3 is 5.97 Å². The number of carbonyl (C=O) groups is 3. The summed E-state index contributed by atoms with van der Waals surface area (Å²) >= 11 is 1.36. The molecule has 1 fully saturated rings. The third-order valence-electron chi connectivity index (χ3n) is 5.21. The van der Waals surface area contributed by atoms with Crippen LogP contribution in [0.1, 0.15) is 31.1 Å². The van der Waals surface area contributed by atoms with E-state index in [2.05, 4.69) is 5.32 Å². The quantitative estimate of drug-likeness (QED) is 0.714. The molecule has 1 saturated heterocycles. The van der Waals surface area contributed by atoms with Crippen molar-refractivity contribution < 1.29 is 19.1 Å². The lowest BCUT2D eigenvalue weighted by Crippen LogP contribution is -2.53. The van der Waals surface area contributed by atoms with Crippen LogP contribution in [0, 0.1) is 0 Å². The minimum absolute atomic E-state index is 0.0536. The molecule has 1 N–H and O–H groups in total. The van der Waals surface area contributed by atoms with E-state index >= 15 is 0 Å². The van der Waals surface area contributed by atoms with Gasteiger partial charge in [-0.05, 0) is 25.5 Å². The molecule has 1 atom stereocenters. The number of nitrogens with one attached hydrogen (secondary N) is 1. The Labute approximate surface area is 180 Å². The fraction of sp³-hybridized carbons (Fsp3) is 0.409. The van der Waals surface area contributed by atoms with Crippen LogP contribution in [-0.4, -0.2) is 66.4 Å². The highest BCUT2D eigenvalue weighted by molar-refractivity contribution is 7.20. The molecule has 1 aliphatic rings. The summed E-state index contributed by atoms with van der Waals surface area (Å²) in [6.45, 7) is 7.91. The molecule has 1 aromatic heterocycles. The third kappa shape index (κ3) is 5.06. The molecule has 0 aliphatic carbocycles. The maximum absolute atomic E-state index is 12.9. The van der Waals surface area contributed by atoms with Crippen molar-refractivity contribution in [3.8, 4) is 10.4 Å². The van der Waals surface area contributed by atoms with E-state index in [1.165, 1.54) is 11.3 Å². The first-order chi connectivity index (χ1) is 14.4. The van der Waals surface area contributed by atoms with Gasteiger partial charge in [0, 0.05) is 38.0 Å². The van der Waals surface area contributed by atoms with Crippen LogP contribution in [0.4, 0.5) is 5.00 Å². The smallest absolute Gasteiger partial charge is 0.341 e. The number of amides is 2. The van der Waals surface area contributed by atoms with E-state index in [4.69, 9.17) is 4.74 Å². The number of esters is 1. The summed E-state index contributed by atoms with van der Waals surface area (Å²) < 4.78 is 5.18. The Morgan fingerprint density at radius 2 is 1.80 bits per heavy atom. The zero-order valence-corrected chi connectivity index (χ0v) is 18.3. The van der Waals surface area contributed by atoms with Gasteiger partial charge in [0.15, 0.2) is 0 Å². The van der Waals surface area contributed by atoms with Crippen molar-refractivity contribution in [2.75, 3.05) is 38.1 Å². The highest BCUT2D eigenvalue weighted by atomic mass is 32.1. The lowest BCUT2D eigenvalue weighted by atomic mass is 10.1. The summed E-state index contributed by atoms with van der Waals surface area (Å²) in [4.78, 5) is 41.6. The molecular formula is C22H27N3O4S. The van der Waals surface area contributed by atoms with Gasteiger partial charge < -0.3 is 15.0 Å². The second-order valence-electron chi connectivity index (χ2n) is 7.15. The second-order valence-corrected chi connectivity index (χ2v) is 8.20. The molecule has 2 heterocycles. The summed E-state index contributed by atoms with van der Waals surface area (Å²) in [5.41, 5.74) is 1.34. The largest absolute Gasteiger partial charge is 0.462 e. The Hall–Kier alpha value is -2.71. The first-order valence-corrected chi connectivity index (χ1v) is 10.9. The van der Waals surface area contributed by atoms with Gasteiger partial charge in [0.1, 0.15) is 5.00 Å². The molecule has 1 aromatic carbocycles. The molecular weight excluding hydrogens is 402 g/mol. The van der Waals surface area contributed by atoms with Crippen molar-refractivity contribution in [3.05, 3.63) is 42.0 Å². The first-order valence-electron chi connectivity index (χ1n) is 10.1. The highest BCUT2D eigenvalue weighted by Gasteiger charge is 2.28. The van der Waals surface area contributed by atoms with Crippen molar-refractivity contribution in [2.45, 2.75) is 26.8 Å². The Bertz CT molecular complexity index is 904. The lowest BCUT2D eigenvalue weighted by molar-refractivity contribution is -0.131. The van der Waals surface area contributed by atoms with Gasteiger partial charge in [-0.25, -0.2) is 4.79 Å². The Kier molecular flexibility index (Phi) is 7.23. The number of nitrogens with zero attached hydrogens (tertiary/aromatic N) is 2. The topological polar surface area (TPSA) is 79.0 Å². The number of carbonyl (C=O) groups excluding carboxylic acids is 3. The van der Waals surface area contributed by atoms with Gasteiger partial charge in [-0.15, -0.1) is 11.3 Å². The van der Waals surface area contributed by atoms with Crippen LogP contribution < -0.4 is 5.32 Å². The van der Waals surface area contributed by atoms with Gasteiger partial charge in [0.2, 0.25) is 11.8 Å². The van der Waals surface area contributed by atoms with Crippen LogP contribution in [0.5, 0.6) is 0 Å². The predicted molar refractivity (Wildman–Crippen MR) is 118 cm³/mol. The number of hydrogen-bond donors (Lipinski definition) is 1. The molecule has 0 bridgehead atoms. The number of thiophene rings is 1. The molecule has 2 aromatic rings. The maximum Gasteiger partial charge on any atom is 0.341 e.